The van der Waals surface area contributed by atoms with Crippen LogP contribution in [0.5, 0.6) is 0 Å². The number of nitrogens with zero attached hydrogens (tertiary/aromatic N) is 5. The number of H-pyrrole nitrogens is 1. The molecule has 154 valence electrons. The molecule has 1 aliphatic heterocycles. The zero-order valence-electron chi connectivity index (χ0n) is 16.6. The fraction of sp³-hybridized carbons (Fsp3) is 0.238. The van der Waals surface area contributed by atoms with Crippen LogP contribution in [0, 0.1) is 0 Å². The molecule has 3 heterocycles. The maximum absolute atomic E-state index is 6.08. The first kappa shape index (κ1) is 20.1. The first-order chi connectivity index (χ1) is 14.7. The highest BCUT2D eigenvalue weighted by Gasteiger charge is 2.16. The minimum absolute atomic E-state index is 0.447. The monoisotopic (exact) mass is 422 g/mol. The molecule has 30 heavy (non-hydrogen) atoms. The number of aromatic amines is 1. The maximum Gasteiger partial charge on any atom is 0.233 e. The van der Waals surface area contributed by atoms with Crippen LogP contribution in [0.2, 0.25) is 5.02 Å². The molecule has 0 atom stereocenters. The number of anilines is 3. The predicted octanol–water partition coefficient (Wildman–Crippen LogP) is 3.60. The Morgan fingerprint density at radius 2 is 1.93 bits per heavy atom. The van der Waals surface area contributed by atoms with Gasteiger partial charge < -0.3 is 15.5 Å². The van der Waals surface area contributed by atoms with E-state index in [4.69, 9.17) is 11.6 Å². The van der Waals surface area contributed by atoms with Crippen molar-refractivity contribution in [1.29, 1.82) is 0 Å². The third-order valence-electron chi connectivity index (χ3n) is 4.50. The number of piperazine rings is 1. The summed E-state index contributed by atoms with van der Waals surface area (Å²) in [7, 11) is 0. The molecule has 1 fully saturated rings. The second kappa shape index (κ2) is 9.51. The highest BCUT2D eigenvalue weighted by molar-refractivity contribution is 6.30. The standard InChI is InChI=1S/C21H23ClN8/c1-2-4-17-14-19(29-28-17)25-20-24-18(8-7-15-5-3-6-16(22)13-15)26-21(27-20)30-11-9-23-10-12-30/h2-8,13-14,23H,9-12H2,1H3,(H2,24,25,26,27,28,29)/b4-2+,8-7+. The molecule has 3 aromatic rings. The Morgan fingerprint density at radius 1 is 1.07 bits per heavy atom. The summed E-state index contributed by atoms with van der Waals surface area (Å²) in [5.74, 6) is 2.29. The molecule has 0 amide bonds. The molecular formula is C21H23ClN8. The largest absolute Gasteiger partial charge is 0.338 e. The van der Waals surface area contributed by atoms with Crippen LogP contribution in [0.3, 0.4) is 0 Å². The Morgan fingerprint density at radius 3 is 2.73 bits per heavy atom. The molecule has 0 spiro atoms. The number of aromatic nitrogens is 5. The molecule has 0 radical (unpaired) electrons. The minimum Gasteiger partial charge on any atom is -0.338 e. The zero-order valence-corrected chi connectivity index (χ0v) is 17.4. The zero-order chi connectivity index (χ0) is 20.8. The predicted molar refractivity (Wildman–Crippen MR) is 122 cm³/mol. The Bertz CT molecular complexity index is 1050. The normalized spacial score (nSPS) is 14.7. The Hall–Kier alpha value is -3.23. The maximum atomic E-state index is 6.08. The second-order valence-electron chi connectivity index (χ2n) is 6.78. The lowest BCUT2D eigenvalue weighted by Crippen LogP contribution is -2.44. The SMILES string of the molecule is C/C=C/c1cc(Nc2nc(/C=C/c3cccc(Cl)c3)nc(N3CCNCC3)n2)n[nH]1. The summed E-state index contributed by atoms with van der Waals surface area (Å²) >= 11 is 6.08. The van der Waals surface area contributed by atoms with E-state index >= 15 is 0 Å². The fourth-order valence-corrected chi connectivity index (χ4v) is 3.28. The number of benzene rings is 1. The van der Waals surface area contributed by atoms with Crippen molar-refractivity contribution in [2.45, 2.75) is 6.92 Å². The van der Waals surface area contributed by atoms with Crippen LogP contribution in [0.1, 0.15) is 24.0 Å². The summed E-state index contributed by atoms with van der Waals surface area (Å²) < 4.78 is 0. The minimum atomic E-state index is 0.447. The summed E-state index contributed by atoms with van der Waals surface area (Å²) in [4.78, 5) is 16.0. The van der Waals surface area contributed by atoms with Gasteiger partial charge in [0.25, 0.3) is 0 Å². The molecule has 0 aliphatic carbocycles. The molecule has 9 heteroatoms. The molecule has 1 aliphatic rings. The van der Waals surface area contributed by atoms with Crippen molar-refractivity contribution in [3.8, 4) is 0 Å². The van der Waals surface area contributed by atoms with Gasteiger partial charge in [0.2, 0.25) is 11.9 Å². The lowest BCUT2D eigenvalue weighted by atomic mass is 10.2. The number of hydrogen-bond donors (Lipinski definition) is 3. The van der Waals surface area contributed by atoms with E-state index in [0.717, 1.165) is 37.4 Å². The molecule has 1 aromatic carbocycles. The van der Waals surface area contributed by atoms with Gasteiger partial charge in [-0.3, -0.25) is 5.10 Å². The van der Waals surface area contributed by atoms with E-state index < -0.39 is 0 Å². The van der Waals surface area contributed by atoms with Crippen LogP contribution >= 0.6 is 11.6 Å². The molecule has 1 saturated heterocycles. The van der Waals surface area contributed by atoms with E-state index in [9.17, 15) is 0 Å². The lowest BCUT2D eigenvalue weighted by molar-refractivity contribution is 0.579. The average molecular weight is 423 g/mol. The van der Waals surface area contributed by atoms with E-state index in [2.05, 4.69) is 40.7 Å². The van der Waals surface area contributed by atoms with Gasteiger partial charge in [0.1, 0.15) is 0 Å². The van der Waals surface area contributed by atoms with Crippen molar-refractivity contribution < 1.29 is 0 Å². The van der Waals surface area contributed by atoms with Crippen LogP contribution < -0.4 is 15.5 Å². The molecule has 2 aromatic heterocycles. The number of hydrogen-bond acceptors (Lipinski definition) is 7. The summed E-state index contributed by atoms with van der Waals surface area (Å²) in [6.07, 6.45) is 7.68. The van der Waals surface area contributed by atoms with Crippen molar-refractivity contribution in [3.05, 3.63) is 58.5 Å². The van der Waals surface area contributed by atoms with E-state index in [1.165, 1.54) is 0 Å². The number of halogens is 1. The first-order valence-corrected chi connectivity index (χ1v) is 10.2. The van der Waals surface area contributed by atoms with Crippen LogP contribution in [0.4, 0.5) is 17.7 Å². The first-order valence-electron chi connectivity index (χ1n) is 9.80. The van der Waals surface area contributed by atoms with Gasteiger partial charge in [-0.2, -0.15) is 20.1 Å². The third-order valence-corrected chi connectivity index (χ3v) is 4.73. The number of nitrogens with one attached hydrogen (secondary N) is 3. The molecule has 4 rings (SSSR count). The van der Waals surface area contributed by atoms with E-state index in [1.54, 1.807) is 0 Å². The summed E-state index contributed by atoms with van der Waals surface area (Å²) in [6, 6.07) is 9.52. The van der Waals surface area contributed by atoms with Gasteiger partial charge in [-0.05, 0) is 36.8 Å². The Balaban J connectivity index is 1.63. The molecule has 8 nitrogen and oxygen atoms in total. The van der Waals surface area contributed by atoms with Gasteiger partial charge in [0.15, 0.2) is 11.6 Å². The van der Waals surface area contributed by atoms with Crippen molar-refractivity contribution in [2.24, 2.45) is 0 Å². The fourth-order valence-electron chi connectivity index (χ4n) is 3.08. The third kappa shape index (κ3) is 5.22. The second-order valence-corrected chi connectivity index (χ2v) is 7.21. The molecule has 0 saturated carbocycles. The van der Waals surface area contributed by atoms with Gasteiger partial charge in [-0.15, -0.1) is 0 Å². The highest BCUT2D eigenvalue weighted by atomic mass is 35.5. The topological polar surface area (TPSA) is 94.7 Å². The average Bonchev–Trinajstić information content (AvgIpc) is 3.20. The smallest absolute Gasteiger partial charge is 0.233 e. The quantitative estimate of drug-likeness (QED) is 0.558. The van der Waals surface area contributed by atoms with Crippen LogP contribution in [-0.2, 0) is 0 Å². The molecule has 3 N–H and O–H groups in total. The molecule has 0 unspecified atom stereocenters. The van der Waals surface area contributed by atoms with Gasteiger partial charge in [0.05, 0.1) is 5.69 Å². The van der Waals surface area contributed by atoms with Gasteiger partial charge in [-0.1, -0.05) is 35.9 Å². The van der Waals surface area contributed by atoms with Crippen LogP contribution in [0.25, 0.3) is 18.2 Å². The van der Waals surface area contributed by atoms with Crippen molar-refractivity contribution in [1.82, 2.24) is 30.5 Å². The number of allylic oxidation sites excluding steroid dienone is 1. The highest BCUT2D eigenvalue weighted by Crippen LogP contribution is 2.18. The van der Waals surface area contributed by atoms with Crippen molar-refractivity contribution in [2.75, 3.05) is 36.4 Å². The Labute approximate surface area is 180 Å². The van der Waals surface area contributed by atoms with Gasteiger partial charge >= 0.3 is 0 Å². The van der Waals surface area contributed by atoms with Crippen LogP contribution in [0.15, 0.2) is 36.4 Å². The van der Waals surface area contributed by atoms with E-state index in [0.29, 0.717) is 28.6 Å². The van der Waals surface area contributed by atoms with Crippen LogP contribution in [-0.4, -0.2) is 51.3 Å². The summed E-state index contributed by atoms with van der Waals surface area (Å²) in [5.41, 5.74) is 1.88. The number of rotatable bonds is 6. The van der Waals surface area contributed by atoms with Crippen molar-refractivity contribution >= 4 is 47.5 Å². The van der Waals surface area contributed by atoms with Gasteiger partial charge in [-0.25, -0.2) is 0 Å². The molecular weight excluding hydrogens is 400 g/mol. The van der Waals surface area contributed by atoms with Gasteiger partial charge in [0, 0.05) is 37.3 Å². The van der Waals surface area contributed by atoms with E-state index in [-0.39, 0.29) is 0 Å². The summed E-state index contributed by atoms with van der Waals surface area (Å²) in [5, 5.41) is 14.4. The van der Waals surface area contributed by atoms with Crippen molar-refractivity contribution in [3.63, 3.8) is 0 Å². The Kier molecular flexibility index (Phi) is 6.36. The summed E-state index contributed by atoms with van der Waals surface area (Å²) in [6.45, 7) is 5.43. The van der Waals surface area contributed by atoms with E-state index in [1.807, 2.05) is 61.6 Å². The lowest BCUT2D eigenvalue weighted by Gasteiger charge is -2.27. The molecule has 0 bridgehead atoms.